The molecule has 0 saturated heterocycles. The SMILES string of the molecule is C=C(C)C(=O)OCC(COC(=O)OCCC)OC(=O)OCCC. The quantitative estimate of drug-likeness (QED) is 0.342. The number of carbonyl (C=O) groups is 3. The highest BCUT2D eigenvalue weighted by molar-refractivity contribution is 5.86. The fraction of sp³-hybridized carbons (Fsp3) is 0.667. The molecule has 0 aromatic carbocycles. The Kier molecular flexibility index (Phi) is 11.1. The van der Waals surface area contributed by atoms with Gasteiger partial charge in [0.25, 0.3) is 0 Å². The van der Waals surface area contributed by atoms with E-state index in [1.807, 2.05) is 13.8 Å². The van der Waals surface area contributed by atoms with E-state index in [1.165, 1.54) is 6.92 Å². The molecule has 0 aliphatic rings. The average molecular weight is 332 g/mol. The van der Waals surface area contributed by atoms with E-state index in [4.69, 9.17) is 23.7 Å². The Balaban J connectivity index is 4.41. The minimum atomic E-state index is -1.00. The molecule has 0 bridgehead atoms. The monoisotopic (exact) mass is 332 g/mol. The number of hydrogen-bond acceptors (Lipinski definition) is 8. The van der Waals surface area contributed by atoms with Crippen LogP contribution in [0.4, 0.5) is 9.59 Å². The molecule has 0 heterocycles. The summed E-state index contributed by atoms with van der Waals surface area (Å²) in [6, 6.07) is 0. The van der Waals surface area contributed by atoms with Gasteiger partial charge >= 0.3 is 18.3 Å². The first kappa shape index (κ1) is 20.8. The number of ether oxygens (including phenoxy) is 5. The molecule has 0 radical (unpaired) electrons. The maximum atomic E-state index is 11.4. The molecule has 8 nitrogen and oxygen atoms in total. The molecular formula is C15H24O8. The number of carbonyl (C=O) groups excluding carboxylic acids is 3. The Morgan fingerprint density at radius 1 is 0.870 bits per heavy atom. The second-order valence-corrected chi connectivity index (χ2v) is 4.63. The van der Waals surface area contributed by atoms with Gasteiger partial charge in [-0.25, -0.2) is 14.4 Å². The fourth-order valence-electron chi connectivity index (χ4n) is 1.15. The van der Waals surface area contributed by atoms with Gasteiger partial charge in [0, 0.05) is 5.57 Å². The van der Waals surface area contributed by atoms with Gasteiger partial charge in [-0.3, -0.25) is 0 Å². The molecule has 1 unspecified atom stereocenters. The zero-order valence-electron chi connectivity index (χ0n) is 13.8. The third kappa shape index (κ3) is 11.0. The number of rotatable bonds is 10. The lowest BCUT2D eigenvalue weighted by molar-refractivity contribution is -0.143. The molecule has 23 heavy (non-hydrogen) atoms. The second-order valence-electron chi connectivity index (χ2n) is 4.63. The standard InChI is InChI=1S/C15H24O8/c1-5-7-19-14(17)22-10-12(9-21-13(16)11(3)4)23-15(18)20-8-6-2/h12H,3,5-10H2,1-2,4H3. The van der Waals surface area contributed by atoms with Crippen LogP contribution in [-0.4, -0.2) is 50.8 Å². The molecule has 0 aliphatic carbocycles. The topological polar surface area (TPSA) is 97.4 Å². The summed E-state index contributed by atoms with van der Waals surface area (Å²) < 4.78 is 24.1. The Hall–Kier alpha value is -2.25. The Labute approximate surface area is 135 Å². The maximum Gasteiger partial charge on any atom is 0.508 e. The smallest absolute Gasteiger partial charge is 0.458 e. The highest BCUT2D eigenvalue weighted by atomic mass is 16.8. The van der Waals surface area contributed by atoms with E-state index in [1.54, 1.807) is 0 Å². The van der Waals surface area contributed by atoms with Crippen LogP contribution < -0.4 is 0 Å². The normalized spacial score (nSPS) is 11.1. The van der Waals surface area contributed by atoms with E-state index in [9.17, 15) is 14.4 Å². The lowest BCUT2D eigenvalue weighted by Gasteiger charge is -2.17. The van der Waals surface area contributed by atoms with E-state index in [-0.39, 0.29) is 32.0 Å². The van der Waals surface area contributed by atoms with Gasteiger partial charge in [-0.15, -0.1) is 0 Å². The first-order valence-corrected chi connectivity index (χ1v) is 7.36. The lowest BCUT2D eigenvalue weighted by atomic mass is 10.3. The minimum Gasteiger partial charge on any atom is -0.458 e. The van der Waals surface area contributed by atoms with Gasteiger partial charge in [-0.05, 0) is 19.8 Å². The first-order valence-electron chi connectivity index (χ1n) is 7.36. The van der Waals surface area contributed by atoms with Crippen LogP contribution in [0.15, 0.2) is 12.2 Å². The molecular weight excluding hydrogens is 308 g/mol. The van der Waals surface area contributed by atoms with Gasteiger partial charge in [-0.1, -0.05) is 20.4 Å². The molecule has 0 N–H and O–H groups in total. The molecule has 8 heteroatoms. The molecule has 0 spiro atoms. The molecule has 0 rings (SSSR count). The third-order valence-corrected chi connectivity index (χ3v) is 2.25. The van der Waals surface area contributed by atoms with Crippen LogP contribution in [0.1, 0.15) is 33.6 Å². The molecule has 0 amide bonds. The van der Waals surface area contributed by atoms with Gasteiger partial charge in [0.15, 0.2) is 6.10 Å². The maximum absolute atomic E-state index is 11.4. The van der Waals surface area contributed by atoms with Crippen molar-refractivity contribution in [2.45, 2.75) is 39.7 Å². The second kappa shape index (κ2) is 12.3. The highest BCUT2D eigenvalue weighted by Gasteiger charge is 2.20. The van der Waals surface area contributed by atoms with E-state index in [0.29, 0.717) is 12.8 Å². The van der Waals surface area contributed by atoms with Crippen molar-refractivity contribution < 1.29 is 38.1 Å². The van der Waals surface area contributed by atoms with Crippen LogP contribution in [0.25, 0.3) is 0 Å². The molecule has 132 valence electrons. The largest absolute Gasteiger partial charge is 0.508 e. The van der Waals surface area contributed by atoms with Crippen LogP contribution in [0.2, 0.25) is 0 Å². The predicted octanol–water partition coefficient (Wildman–Crippen LogP) is 2.60. The predicted molar refractivity (Wildman–Crippen MR) is 79.9 cm³/mol. The van der Waals surface area contributed by atoms with Crippen molar-refractivity contribution in [3.8, 4) is 0 Å². The van der Waals surface area contributed by atoms with Crippen molar-refractivity contribution in [3.63, 3.8) is 0 Å². The van der Waals surface area contributed by atoms with Gasteiger partial charge in [0.1, 0.15) is 13.2 Å². The summed E-state index contributed by atoms with van der Waals surface area (Å²) in [5, 5.41) is 0. The summed E-state index contributed by atoms with van der Waals surface area (Å²) in [7, 11) is 0. The lowest BCUT2D eigenvalue weighted by Crippen LogP contribution is -2.31. The molecule has 0 saturated carbocycles. The summed E-state index contributed by atoms with van der Waals surface area (Å²) >= 11 is 0. The van der Waals surface area contributed by atoms with Crippen LogP contribution >= 0.6 is 0 Å². The molecule has 1 atom stereocenters. The van der Waals surface area contributed by atoms with Crippen LogP contribution in [-0.2, 0) is 28.5 Å². The van der Waals surface area contributed by atoms with E-state index >= 15 is 0 Å². The van der Waals surface area contributed by atoms with Crippen molar-refractivity contribution in [1.29, 1.82) is 0 Å². The molecule has 0 aromatic rings. The van der Waals surface area contributed by atoms with Gasteiger partial charge in [-0.2, -0.15) is 0 Å². The van der Waals surface area contributed by atoms with Crippen molar-refractivity contribution in [1.82, 2.24) is 0 Å². The summed E-state index contributed by atoms with van der Waals surface area (Å²) in [4.78, 5) is 34.1. The molecule has 0 fully saturated rings. The highest BCUT2D eigenvalue weighted by Crippen LogP contribution is 2.03. The van der Waals surface area contributed by atoms with E-state index < -0.39 is 24.4 Å². The zero-order valence-corrected chi connectivity index (χ0v) is 13.8. The average Bonchev–Trinajstić information content (AvgIpc) is 2.52. The first-order chi connectivity index (χ1) is 10.9. The third-order valence-electron chi connectivity index (χ3n) is 2.25. The summed E-state index contributed by atoms with van der Waals surface area (Å²) in [5.41, 5.74) is 0.195. The van der Waals surface area contributed by atoms with Crippen LogP contribution in [0, 0.1) is 0 Å². The van der Waals surface area contributed by atoms with Crippen LogP contribution in [0.3, 0.4) is 0 Å². The van der Waals surface area contributed by atoms with Crippen LogP contribution in [0.5, 0.6) is 0 Å². The van der Waals surface area contributed by atoms with Crippen molar-refractivity contribution in [2.24, 2.45) is 0 Å². The number of esters is 1. The summed E-state index contributed by atoms with van der Waals surface area (Å²) in [5.74, 6) is -0.644. The van der Waals surface area contributed by atoms with Gasteiger partial charge in [0.05, 0.1) is 13.2 Å². The van der Waals surface area contributed by atoms with Crippen molar-refractivity contribution >= 4 is 18.3 Å². The molecule has 0 aromatic heterocycles. The Morgan fingerprint density at radius 2 is 1.39 bits per heavy atom. The van der Waals surface area contributed by atoms with E-state index in [2.05, 4.69) is 6.58 Å². The van der Waals surface area contributed by atoms with Gasteiger partial charge in [0.2, 0.25) is 0 Å². The van der Waals surface area contributed by atoms with Crippen molar-refractivity contribution in [3.05, 3.63) is 12.2 Å². The number of hydrogen-bond donors (Lipinski definition) is 0. The minimum absolute atomic E-state index is 0.191. The summed E-state index contributed by atoms with van der Waals surface area (Å²) in [6.45, 7) is 8.35. The zero-order chi connectivity index (χ0) is 17.7. The van der Waals surface area contributed by atoms with E-state index in [0.717, 1.165) is 0 Å². The summed E-state index contributed by atoms with van der Waals surface area (Å²) in [6.07, 6.45) is -1.56. The fourth-order valence-corrected chi connectivity index (χ4v) is 1.15. The Bertz CT molecular complexity index is 404. The molecule has 0 aliphatic heterocycles. The van der Waals surface area contributed by atoms with Crippen molar-refractivity contribution in [2.75, 3.05) is 26.4 Å². The van der Waals surface area contributed by atoms with Gasteiger partial charge < -0.3 is 23.7 Å². The Morgan fingerprint density at radius 3 is 1.91 bits per heavy atom.